The molecule has 25 heavy (non-hydrogen) atoms. The van der Waals surface area contributed by atoms with Gasteiger partial charge in [0.15, 0.2) is 0 Å². The van der Waals surface area contributed by atoms with Gasteiger partial charge in [-0.2, -0.15) is 5.10 Å². The molecule has 1 aromatic heterocycles. The second-order valence-electron chi connectivity index (χ2n) is 7.03. The van der Waals surface area contributed by atoms with Crippen molar-refractivity contribution in [3.63, 3.8) is 0 Å². The molecule has 8 heteroatoms. The molecule has 1 saturated heterocycles. The van der Waals surface area contributed by atoms with Crippen LogP contribution in [-0.4, -0.2) is 52.5 Å². The molecule has 2 aromatic rings. The molecule has 3 rings (SSSR count). The first-order valence-corrected chi connectivity index (χ1v) is 8.72. The van der Waals surface area contributed by atoms with Crippen LogP contribution in [0.2, 0.25) is 0 Å². The number of carbonyl (C=O) groups is 2. The quantitative estimate of drug-likeness (QED) is 0.710. The van der Waals surface area contributed by atoms with E-state index >= 15 is 0 Å². The maximum atomic E-state index is 12.0. The Morgan fingerprint density at radius 3 is 2.56 bits per heavy atom. The lowest BCUT2D eigenvalue weighted by molar-refractivity contribution is -0.000308. The number of hydrogen-bond acceptors (Lipinski definition) is 5. The van der Waals surface area contributed by atoms with Gasteiger partial charge in [-0.3, -0.25) is 4.68 Å². The second-order valence-corrected chi connectivity index (χ2v) is 7.89. The fraction of sp³-hybridized carbons (Fsp3) is 0.471. The minimum Gasteiger partial charge on any atom is -0.465 e. The number of methoxy groups -OCH3 is 1. The van der Waals surface area contributed by atoms with Crippen molar-refractivity contribution in [2.75, 3.05) is 20.2 Å². The summed E-state index contributed by atoms with van der Waals surface area (Å²) in [5.41, 5.74) is 0.638. The van der Waals surface area contributed by atoms with Crippen LogP contribution in [0.4, 0.5) is 4.79 Å². The molecule has 134 valence electrons. The minimum absolute atomic E-state index is 0.0911. The van der Waals surface area contributed by atoms with Gasteiger partial charge in [-0.25, -0.2) is 9.59 Å². The maximum Gasteiger partial charge on any atom is 0.410 e. The lowest BCUT2D eigenvalue weighted by Gasteiger charge is -2.39. The summed E-state index contributed by atoms with van der Waals surface area (Å²) in [4.78, 5) is 25.4. The van der Waals surface area contributed by atoms with Gasteiger partial charge in [0.1, 0.15) is 5.60 Å². The van der Waals surface area contributed by atoms with Crippen LogP contribution in [0.3, 0.4) is 0 Å². The van der Waals surface area contributed by atoms with Gasteiger partial charge in [-0.1, -0.05) is 15.9 Å². The lowest BCUT2D eigenvalue weighted by Crippen LogP contribution is -2.52. The average molecular weight is 410 g/mol. The number of halogens is 1. The van der Waals surface area contributed by atoms with E-state index in [1.165, 1.54) is 7.11 Å². The molecule has 2 heterocycles. The highest BCUT2D eigenvalue weighted by molar-refractivity contribution is 9.10. The summed E-state index contributed by atoms with van der Waals surface area (Å²) in [6.45, 7) is 6.63. The first kappa shape index (κ1) is 17.7. The van der Waals surface area contributed by atoms with Crippen molar-refractivity contribution in [3.8, 4) is 0 Å². The number of nitrogens with zero attached hydrogens (tertiary/aromatic N) is 3. The fourth-order valence-corrected chi connectivity index (χ4v) is 3.17. The monoisotopic (exact) mass is 409 g/mol. The zero-order chi connectivity index (χ0) is 18.4. The maximum absolute atomic E-state index is 12.0. The molecule has 0 aliphatic carbocycles. The van der Waals surface area contributed by atoms with Crippen molar-refractivity contribution in [2.24, 2.45) is 0 Å². The second kappa shape index (κ2) is 6.33. The number of carbonyl (C=O) groups excluding carboxylic acids is 2. The summed E-state index contributed by atoms with van der Waals surface area (Å²) >= 11 is 3.47. The van der Waals surface area contributed by atoms with Gasteiger partial charge in [-0.05, 0) is 32.9 Å². The van der Waals surface area contributed by atoms with E-state index in [1.807, 2.05) is 31.6 Å². The topological polar surface area (TPSA) is 73.7 Å². The van der Waals surface area contributed by atoms with Crippen LogP contribution in [0.1, 0.15) is 37.2 Å². The minimum atomic E-state index is -0.502. The third kappa shape index (κ3) is 3.63. The summed E-state index contributed by atoms with van der Waals surface area (Å²) in [6.07, 6.45) is 1.60. The Labute approximate surface area is 154 Å². The highest BCUT2D eigenvalue weighted by atomic mass is 79.9. The SMILES string of the molecule is COC(=O)c1cc(Br)c2cn(C3CN(C(=O)OC(C)(C)C)C3)nc2c1. The number of fused-ring (bicyclic) bond motifs is 1. The lowest BCUT2D eigenvalue weighted by atomic mass is 10.1. The van der Waals surface area contributed by atoms with Crippen molar-refractivity contribution < 1.29 is 19.1 Å². The number of hydrogen-bond donors (Lipinski definition) is 0. The zero-order valence-electron chi connectivity index (χ0n) is 14.6. The highest BCUT2D eigenvalue weighted by Crippen LogP contribution is 2.29. The van der Waals surface area contributed by atoms with Crippen molar-refractivity contribution in [2.45, 2.75) is 32.4 Å². The Morgan fingerprint density at radius 2 is 1.96 bits per heavy atom. The molecule has 0 radical (unpaired) electrons. The standard InChI is InChI=1S/C17H20BrN3O4/c1-17(2,3)25-16(23)20-7-11(8-20)21-9-12-13(18)5-10(15(22)24-4)6-14(12)19-21/h5-6,9,11H,7-8H2,1-4H3. The summed E-state index contributed by atoms with van der Waals surface area (Å²) < 4.78 is 12.7. The summed E-state index contributed by atoms with van der Waals surface area (Å²) in [6, 6.07) is 3.51. The van der Waals surface area contributed by atoms with Gasteiger partial charge < -0.3 is 14.4 Å². The smallest absolute Gasteiger partial charge is 0.410 e. The largest absolute Gasteiger partial charge is 0.465 e. The van der Waals surface area contributed by atoms with Gasteiger partial charge in [-0.15, -0.1) is 0 Å². The Bertz CT molecular complexity index is 834. The molecule has 1 aromatic carbocycles. The van der Waals surface area contributed by atoms with E-state index in [-0.39, 0.29) is 12.1 Å². The number of ether oxygens (including phenoxy) is 2. The normalized spacial score (nSPS) is 15.2. The summed E-state index contributed by atoms with van der Waals surface area (Å²) in [7, 11) is 1.35. The highest BCUT2D eigenvalue weighted by Gasteiger charge is 2.35. The van der Waals surface area contributed by atoms with Crippen LogP contribution in [0.5, 0.6) is 0 Å². The molecule has 1 amide bonds. The van der Waals surface area contributed by atoms with Crippen LogP contribution in [0.25, 0.3) is 10.9 Å². The van der Waals surface area contributed by atoms with E-state index in [0.717, 1.165) is 9.86 Å². The van der Waals surface area contributed by atoms with Crippen LogP contribution < -0.4 is 0 Å². The van der Waals surface area contributed by atoms with Crippen molar-refractivity contribution in [1.29, 1.82) is 0 Å². The number of benzene rings is 1. The molecule has 7 nitrogen and oxygen atoms in total. The number of likely N-dealkylation sites (tertiary alicyclic amines) is 1. The molecular formula is C17H20BrN3O4. The van der Waals surface area contributed by atoms with Gasteiger partial charge in [0.05, 0.1) is 24.2 Å². The van der Waals surface area contributed by atoms with E-state index in [4.69, 9.17) is 9.47 Å². The molecule has 0 N–H and O–H groups in total. The van der Waals surface area contributed by atoms with Crippen LogP contribution in [0.15, 0.2) is 22.8 Å². The van der Waals surface area contributed by atoms with E-state index in [2.05, 4.69) is 21.0 Å². The van der Waals surface area contributed by atoms with Gasteiger partial charge in [0.25, 0.3) is 0 Å². The van der Waals surface area contributed by atoms with E-state index < -0.39 is 11.6 Å². The predicted octanol–water partition coefficient (Wildman–Crippen LogP) is 3.38. The first-order valence-electron chi connectivity index (χ1n) is 7.92. The van der Waals surface area contributed by atoms with Crippen LogP contribution >= 0.6 is 15.9 Å². The molecule has 1 aliphatic rings. The average Bonchev–Trinajstić information content (AvgIpc) is 2.86. The Morgan fingerprint density at radius 1 is 1.28 bits per heavy atom. The Kier molecular flexibility index (Phi) is 4.49. The van der Waals surface area contributed by atoms with Gasteiger partial charge in [0.2, 0.25) is 0 Å². The molecule has 1 aliphatic heterocycles. The van der Waals surface area contributed by atoms with Crippen molar-refractivity contribution in [3.05, 3.63) is 28.4 Å². The van der Waals surface area contributed by atoms with Gasteiger partial charge >= 0.3 is 12.1 Å². The summed E-state index contributed by atoms with van der Waals surface area (Å²) in [5, 5.41) is 5.45. The number of aromatic nitrogens is 2. The fourth-order valence-electron chi connectivity index (χ4n) is 2.62. The molecule has 0 bridgehead atoms. The summed E-state index contributed by atoms with van der Waals surface area (Å²) in [5.74, 6) is -0.406. The number of amides is 1. The van der Waals surface area contributed by atoms with E-state index in [9.17, 15) is 9.59 Å². The Balaban J connectivity index is 1.75. The molecule has 0 unspecified atom stereocenters. The molecule has 0 saturated carbocycles. The van der Waals surface area contributed by atoms with Gasteiger partial charge in [0, 0.05) is 29.1 Å². The molecular weight excluding hydrogens is 390 g/mol. The van der Waals surface area contributed by atoms with Crippen molar-refractivity contribution >= 4 is 38.9 Å². The first-order chi connectivity index (χ1) is 11.7. The Hall–Kier alpha value is -2.09. The van der Waals surface area contributed by atoms with E-state index in [1.54, 1.807) is 17.0 Å². The molecule has 0 spiro atoms. The van der Waals surface area contributed by atoms with Crippen molar-refractivity contribution in [1.82, 2.24) is 14.7 Å². The third-order valence-corrected chi connectivity index (χ3v) is 4.56. The van der Waals surface area contributed by atoms with Crippen LogP contribution in [-0.2, 0) is 9.47 Å². The third-order valence-electron chi connectivity index (χ3n) is 3.90. The number of esters is 1. The number of rotatable bonds is 2. The predicted molar refractivity (Wildman–Crippen MR) is 95.6 cm³/mol. The van der Waals surface area contributed by atoms with E-state index in [0.29, 0.717) is 24.2 Å². The molecule has 1 fully saturated rings. The molecule has 0 atom stereocenters. The zero-order valence-corrected chi connectivity index (χ0v) is 16.2. The van der Waals surface area contributed by atoms with Crippen LogP contribution in [0, 0.1) is 0 Å².